The highest BCUT2D eigenvalue weighted by Crippen LogP contribution is 2.42. The molecule has 4 N–H and O–H groups in total. The lowest BCUT2D eigenvalue weighted by molar-refractivity contribution is -0.0815. The third kappa shape index (κ3) is 10.7. The van der Waals surface area contributed by atoms with Crippen LogP contribution >= 0.6 is 0 Å². The van der Waals surface area contributed by atoms with Gasteiger partial charge in [0, 0.05) is 68.3 Å². The molecular formula is C60H68F3N9O9. The maximum absolute atomic E-state index is 17.0. The van der Waals surface area contributed by atoms with Crippen LogP contribution < -0.4 is 31.4 Å². The number of methoxy groups -OCH3 is 1. The van der Waals surface area contributed by atoms with E-state index in [-0.39, 0.29) is 142 Å². The van der Waals surface area contributed by atoms with Gasteiger partial charge in [-0.3, -0.25) is 23.5 Å². The molecule has 0 spiro atoms. The van der Waals surface area contributed by atoms with Crippen molar-refractivity contribution in [3.05, 3.63) is 118 Å². The first kappa shape index (κ1) is 58.4. The van der Waals surface area contributed by atoms with E-state index in [2.05, 4.69) is 17.1 Å². The average Bonchev–Trinajstić information content (AvgIpc) is 2.57. The molecule has 3 aromatic heterocycles. The Morgan fingerprint density at radius 1 is 0.580 bits per heavy atom. The number of hydrogen-bond acceptors (Lipinski definition) is 15. The Morgan fingerprint density at radius 3 is 1.51 bits per heavy atom. The van der Waals surface area contributed by atoms with Gasteiger partial charge in [0.1, 0.15) is 65.8 Å². The van der Waals surface area contributed by atoms with E-state index in [4.69, 9.17) is 14.2 Å². The number of benzene rings is 3. The molecule has 6 aromatic rings. The van der Waals surface area contributed by atoms with Gasteiger partial charge >= 0.3 is 0 Å². The minimum Gasteiger partial charge on any atom is -0.386 e. The molecule has 3 aliphatic rings. The Kier molecular flexibility index (Phi) is 15.1. The molecule has 3 aromatic carbocycles. The predicted octanol–water partition coefficient (Wildman–Crippen LogP) is 7.94. The number of ether oxygens (including phenoxy) is 3. The maximum atomic E-state index is 17.0. The van der Waals surface area contributed by atoms with Crippen LogP contribution in [0.1, 0.15) is 134 Å². The number of aliphatic hydroxyl groups is 3. The summed E-state index contributed by atoms with van der Waals surface area (Å²) in [4.78, 5) is 50.2. The number of aromatic amines is 1. The normalized spacial score (nSPS) is 17.6. The molecule has 0 aliphatic carbocycles. The highest BCUT2D eigenvalue weighted by molar-refractivity contribution is 5.98. The molecule has 0 amide bonds. The molecule has 0 saturated carbocycles. The lowest BCUT2D eigenvalue weighted by atomic mass is 9.91. The topological polar surface area (TPSA) is 246 Å². The molecule has 81 heavy (non-hydrogen) atoms. The lowest BCUT2D eigenvalue weighted by Gasteiger charge is -2.42. The third-order valence-corrected chi connectivity index (χ3v) is 17.1. The molecule has 3 fully saturated rings. The first-order valence-corrected chi connectivity index (χ1v) is 27.1. The van der Waals surface area contributed by atoms with E-state index < -0.39 is 74.5 Å². The van der Waals surface area contributed by atoms with Crippen molar-refractivity contribution in [1.82, 2.24) is 14.1 Å². The Hall–Kier alpha value is -7.29. The SMILES string of the molecule is COC1(C)CCN(c2c(C#N)c(=O)n(COC3(C)CCN(c4c(C#N)c(=O)n(COC5(C)CCN(c6c(C#N)c(=O)[nH]c7c(F)cc(C(C)(C)O)cc67)CC5)c5cc(F)c(C(C)(C)O)cc45)CC3)c3ccc(C(C)(C)O)c(F)c23)CC1. The van der Waals surface area contributed by atoms with Gasteiger partial charge in [-0.05, 0) is 137 Å². The summed E-state index contributed by atoms with van der Waals surface area (Å²) in [5, 5.41) is 65.1. The molecule has 18 nitrogen and oxygen atoms in total. The van der Waals surface area contributed by atoms with Gasteiger partial charge in [-0.15, -0.1) is 0 Å². The molecule has 21 heteroatoms. The van der Waals surface area contributed by atoms with Crippen LogP contribution in [0.15, 0.2) is 50.8 Å². The Balaban J connectivity index is 1.00. The standard InChI is InChI=1S/C60H68F3N9O9/c1-55(2,76)34-25-36-48(43(62)26-34)67-52(73)37(29-64)50(36)69-23-17-60(9,18-24-69)81-33-72-45-28-42(61)41(57(5,6)78)27-35(45)49(38(30-65)53(72)74)68-21-15-59(8,16-22-68)80-32-71-44-12-11-40(56(3,4)77)47(63)46(44)51(39(31-66)54(71)75)70-19-13-58(7,79-10)14-20-70/h11-12,25-28,76-78H,13-24,32-33H2,1-10H3,(H,67,73). The second-order valence-electron chi connectivity index (χ2n) is 24.2. The van der Waals surface area contributed by atoms with Crippen molar-refractivity contribution in [2.24, 2.45) is 0 Å². The van der Waals surface area contributed by atoms with Crippen molar-refractivity contribution in [2.45, 2.75) is 148 Å². The second kappa shape index (κ2) is 20.9. The number of aromatic nitrogens is 3. The summed E-state index contributed by atoms with van der Waals surface area (Å²) >= 11 is 0. The monoisotopic (exact) mass is 1120 g/mol. The van der Waals surface area contributed by atoms with Crippen molar-refractivity contribution < 1.29 is 42.7 Å². The van der Waals surface area contributed by atoms with E-state index >= 15 is 13.2 Å². The van der Waals surface area contributed by atoms with E-state index in [0.29, 0.717) is 25.9 Å². The highest BCUT2D eigenvalue weighted by Gasteiger charge is 2.39. The number of rotatable bonds is 13. The average molecular weight is 1120 g/mol. The van der Waals surface area contributed by atoms with Crippen LogP contribution in [-0.4, -0.2) is 92.6 Å². The summed E-state index contributed by atoms with van der Waals surface area (Å²) in [6.45, 7) is 15.1. The van der Waals surface area contributed by atoms with E-state index in [1.807, 2.05) is 36.6 Å². The molecule has 9 rings (SSSR count). The smallest absolute Gasteiger partial charge is 0.273 e. The van der Waals surface area contributed by atoms with Gasteiger partial charge in [-0.1, -0.05) is 6.07 Å². The third-order valence-electron chi connectivity index (χ3n) is 17.1. The molecule has 0 unspecified atom stereocenters. The number of H-pyrrole nitrogens is 1. The largest absolute Gasteiger partial charge is 0.386 e. The van der Waals surface area contributed by atoms with Crippen LogP contribution in [0.4, 0.5) is 30.2 Å². The Morgan fingerprint density at radius 2 is 1.04 bits per heavy atom. The zero-order valence-corrected chi connectivity index (χ0v) is 47.4. The molecule has 428 valence electrons. The molecule has 3 aliphatic heterocycles. The summed E-state index contributed by atoms with van der Waals surface area (Å²) in [5.41, 5.74) is -9.28. The number of piperidine rings is 3. The first-order valence-electron chi connectivity index (χ1n) is 27.1. The molecular weight excluding hydrogens is 1050 g/mol. The van der Waals surface area contributed by atoms with Crippen LogP contribution in [-0.2, 0) is 44.5 Å². The fourth-order valence-electron chi connectivity index (χ4n) is 11.7. The van der Waals surface area contributed by atoms with Crippen LogP contribution in [0.3, 0.4) is 0 Å². The van der Waals surface area contributed by atoms with Crippen molar-refractivity contribution in [3.63, 3.8) is 0 Å². The first-order chi connectivity index (χ1) is 37.9. The Bertz CT molecular complexity index is 3840. The second-order valence-corrected chi connectivity index (χ2v) is 24.2. The van der Waals surface area contributed by atoms with Crippen molar-refractivity contribution in [2.75, 3.05) is 61.1 Å². The number of nitriles is 3. The molecule has 0 atom stereocenters. The van der Waals surface area contributed by atoms with Crippen molar-refractivity contribution in [1.29, 1.82) is 15.8 Å². The summed E-state index contributed by atoms with van der Waals surface area (Å²) in [6, 6.07) is 14.3. The van der Waals surface area contributed by atoms with Crippen molar-refractivity contribution in [3.8, 4) is 18.2 Å². The number of pyridine rings is 3. The fourth-order valence-corrected chi connectivity index (χ4v) is 11.7. The number of anilines is 3. The van der Waals surface area contributed by atoms with Gasteiger partial charge in [-0.25, -0.2) is 13.2 Å². The van der Waals surface area contributed by atoms with Gasteiger partial charge in [0.15, 0.2) is 0 Å². The Labute approximate surface area is 466 Å². The molecule has 6 heterocycles. The predicted molar refractivity (Wildman–Crippen MR) is 299 cm³/mol. The van der Waals surface area contributed by atoms with Gasteiger partial charge in [-0.2, -0.15) is 15.8 Å². The van der Waals surface area contributed by atoms with E-state index in [1.165, 1.54) is 62.8 Å². The summed E-state index contributed by atoms with van der Waals surface area (Å²) < 4.78 is 70.0. The molecule has 0 bridgehead atoms. The van der Waals surface area contributed by atoms with Crippen LogP contribution in [0.2, 0.25) is 0 Å². The number of halogens is 3. The molecule has 0 radical (unpaired) electrons. The number of nitrogens with zero attached hydrogens (tertiary/aromatic N) is 8. The number of nitrogens with one attached hydrogen (secondary N) is 1. The van der Waals surface area contributed by atoms with Crippen LogP contribution in [0.25, 0.3) is 32.7 Å². The van der Waals surface area contributed by atoms with Crippen LogP contribution in [0.5, 0.6) is 0 Å². The van der Waals surface area contributed by atoms with Crippen LogP contribution in [0, 0.1) is 51.4 Å². The molecule has 3 saturated heterocycles. The zero-order chi connectivity index (χ0) is 59.1. The number of hydrogen-bond donors (Lipinski definition) is 4. The minimum atomic E-state index is -1.69. The highest BCUT2D eigenvalue weighted by atomic mass is 19.1. The summed E-state index contributed by atoms with van der Waals surface area (Å²) in [7, 11) is 1.62. The quantitative estimate of drug-likeness (QED) is 0.0857. The van der Waals surface area contributed by atoms with E-state index in [0.717, 1.165) is 12.1 Å². The van der Waals surface area contributed by atoms with Gasteiger partial charge in [0.25, 0.3) is 16.7 Å². The van der Waals surface area contributed by atoms with Gasteiger partial charge in [0.2, 0.25) is 0 Å². The van der Waals surface area contributed by atoms with E-state index in [9.17, 15) is 45.5 Å². The maximum Gasteiger partial charge on any atom is 0.273 e. The number of fused-ring (bicyclic) bond motifs is 3. The summed E-state index contributed by atoms with van der Waals surface area (Å²) in [5.74, 6) is -2.35. The summed E-state index contributed by atoms with van der Waals surface area (Å²) in [6.07, 6.45) is 2.21. The van der Waals surface area contributed by atoms with Crippen molar-refractivity contribution >= 4 is 49.8 Å². The van der Waals surface area contributed by atoms with Gasteiger partial charge < -0.3 is 49.2 Å². The van der Waals surface area contributed by atoms with Gasteiger partial charge in [0.05, 0.1) is 72.6 Å². The van der Waals surface area contributed by atoms with E-state index in [1.54, 1.807) is 24.1 Å². The fraction of sp³-hybridized carbons (Fsp3) is 0.500. The minimum absolute atomic E-state index is 0.000210. The lowest BCUT2D eigenvalue weighted by Crippen LogP contribution is -2.47. The zero-order valence-electron chi connectivity index (χ0n) is 47.4.